The van der Waals surface area contributed by atoms with Gasteiger partial charge < -0.3 is 106 Å². The number of aromatic nitrogens is 10. The highest BCUT2D eigenvalue weighted by Gasteiger charge is 2.32. The summed E-state index contributed by atoms with van der Waals surface area (Å²) in [5.74, 6) is -5.40. The number of aromatic amines is 5. The minimum atomic E-state index is -2.17. The van der Waals surface area contributed by atoms with Crippen LogP contribution in [-0.4, -0.2) is 193 Å². The van der Waals surface area contributed by atoms with Gasteiger partial charge in [0.25, 0.3) is 29.5 Å². The van der Waals surface area contributed by atoms with E-state index in [4.69, 9.17) is 46.5 Å². The fourth-order valence-electron chi connectivity index (χ4n) is 11.9. The molecule has 0 radical (unpaired) electrons. The highest BCUT2D eigenvalue weighted by molar-refractivity contribution is 5.94. The second-order valence-electron chi connectivity index (χ2n) is 35.0. The van der Waals surface area contributed by atoms with E-state index in [0.717, 1.165) is 0 Å². The number of H-pyrrole nitrogens is 5. The Kier molecular flexibility index (Phi) is 26.9. The number of hydrogen-bond donors (Lipinski definition) is 20. The van der Waals surface area contributed by atoms with Gasteiger partial charge in [-0.2, -0.15) is 0 Å². The molecule has 5 aromatic rings. The fraction of sp³-hybridized carbons (Fsp3) is 0.688. The number of hydrogen-bond acceptors (Lipinski definition) is 25. The number of primary amides is 5. The van der Waals surface area contributed by atoms with Crippen molar-refractivity contribution < 1.29 is 67.3 Å². The summed E-state index contributed by atoms with van der Waals surface area (Å²) in [5.41, 5.74) is 24.7. The lowest BCUT2D eigenvalue weighted by Gasteiger charge is -2.28. The standard InChI is InChI=1S/5C16H27N5O2/c5*1-9-5-6-10(7-12(9)22)19-14-11(13(17)23)8-18-15(20-14)21-16(2,3)4/h5*8-10,12,22H,5-7H2,1-4H3,(H2,17,23)(H2,18,19,20,21)/i8D,9D,10D,12D;8D,12D;8D,10D;8D,9D;7D2,8D. The Morgan fingerprint density at radius 3 is 0.965 bits per heavy atom. The molecule has 0 aromatic carbocycles. The first-order valence-corrected chi connectivity index (χ1v) is 38.7. The summed E-state index contributed by atoms with van der Waals surface area (Å²) in [6.45, 7) is 37.5. The van der Waals surface area contributed by atoms with Gasteiger partial charge in [0.2, 0.25) is 29.7 Å². The van der Waals surface area contributed by atoms with Crippen LogP contribution in [0.4, 0.5) is 29.7 Å². The molecule has 35 heteroatoms. The molecule has 5 saturated carbocycles. The maximum atomic E-state index is 11.8. The van der Waals surface area contributed by atoms with E-state index in [1.807, 2.05) is 118 Å². The SMILES string of the molecule is [2H]c1nc(NC(C)(C)C)[nH]c(=NC2([2H])CCC(C)C(O)C2)c1C(N)=O.[2H]c1nc(NC(C)(C)C)[nH]c(=NC2([2H])CCC([2H])(C)C([2H])(O)C2)c1C(N)=O.[2H]c1nc(NC(C)(C)C)[nH]c(=NC2CCC(C)C(O)C2([2H])[2H])c1C(N)=O.[2H]c1nc(NC(C)(C)C)[nH]c(=NC2CCC(C)C([2H])(O)C2)c1C(N)=O.[2H]c1nc(NC(C)(C)C)[nH]c(=NC2CCC([2H])(C)C(O)C2)c1C(N)=O. The molecule has 0 spiro atoms. The van der Waals surface area contributed by atoms with Gasteiger partial charge in [0.15, 0.2) is 0 Å². The van der Waals surface area contributed by atoms with Crippen molar-refractivity contribution in [3.8, 4) is 0 Å². The summed E-state index contributed by atoms with van der Waals surface area (Å²) in [4.78, 5) is 115. The zero-order valence-electron chi connectivity index (χ0n) is 83.2. The second-order valence-corrected chi connectivity index (χ2v) is 35.0. The van der Waals surface area contributed by atoms with Crippen LogP contribution in [0.15, 0.2) is 55.8 Å². The van der Waals surface area contributed by atoms with Gasteiger partial charge in [0.1, 0.15) is 27.4 Å². The van der Waals surface area contributed by atoms with Crippen molar-refractivity contribution in [2.45, 2.75) is 323 Å². The quantitative estimate of drug-likeness (QED) is 0.0584. The summed E-state index contributed by atoms with van der Waals surface area (Å²) < 4.78 is 106. The number of anilines is 5. The number of amides is 5. The van der Waals surface area contributed by atoms with Crippen molar-refractivity contribution in [3.63, 3.8) is 0 Å². The second kappa shape index (κ2) is 40.9. The van der Waals surface area contributed by atoms with Crippen LogP contribution in [-0.2, 0) is 0 Å². The van der Waals surface area contributed by atoms with Gasteiger partial charge in [0, 0.05) is 64.0 Å². The van der Waals surface area contributed by atoms with E-state index in [1.165, 1.54) is 6.92 Å². The van der Waals surface area contributed by atoms with Gasteiger partial charge in [0.05, 0.1) is 101 Å². The zero-order valence-corrected chi connectivity index (χ0v) is 70.2. The number of nitrogens with one attached hydrogen (secondary N) is 10. The van der Waals surface area contributed by atoms with E-state index >= 15 is 0 Å². The zero-order chi connectivity index (χ0) is 97.7. The van der Waals surface area contributed by atoms with Crippen LogP contribution in [0.5, 0.6) is 0 Å². The molecule has 15 unspecified atom stereocenters. The highest BCUT2D eigenvalue weighted by atomic mass is 16.3. The van der Waals surface area contributed by atoms with Crippen molar-refractivity contribution in [1.29, 1.82) is 0 Å². The average Bonchev–Trinajstić information content (AvgIpc) is 0.740. The van der Waals surface area contributed by atoms with Crippen molar-refractivity contribution in [3.05, 3.63) is 86.1 Å². The number of nitrogens with zero attached hydrogens (tertiary/aromatic N) is 10. The van der Waals surface area contributed by atoms with Gasteiger partial charge in [-0.15, -0.1) is 0 Å². The average molecular weight is 1620 g/mol. The lowest BCUT2D eigenvalue weighted by molar-refractivity contribution is 0.0702. The normalized spacial score (nSPS) is 32.0. The Morgan fingerprint density at radius 2 is 0.643 bits per heavy atom. The van der Waals surface area contributed by atoms with Crippen molar-refractivity contribution >= 4 is 59.3 Å². The third-order valence-electron chi connectivity index (χ3n) is 18.2. The Balaban J connectivity index is 0.000000247. The summed E-state index contributed by atoms with van der Waals surface area (Å²) in [6.07, 6.45) is -4.80. The predicted molar refractivity (Wildman–Crippen MR) is 444 cm³/mol. The first-order valence-electron chi connectivity index (χ1n) is 45.2. The molecular formula is C80H135N25O10. The van der Waals surface area contributed by atoms with Gasteiger partial charge in [-0.3, -0.25) is 48.9 Å². The van der Waals surface area contributed by atoms with Crippen LogP contribution in [0.3, 0.4) is 0 Å². The minimum absolute atomic E-state index is 0.000113. The van der Waals surface area contributed by atoms with Crippen LogP contribution in [0.2, 0.25) is 0 Å². The number of rotatable bonds is 15. The van der Waals surface area contributed by atoms with Crippen LogP contribution >= 0.6 is 0 Å². The van der Waals surface area contributed by atoms with Crippen LogP contribution in [0.1, 0.15) is 304 Å². The van der Waals surface area contributed by atoms with Crippen LogP contribution in [0, 0.1) is 29.5 Å². The highest BCUT2D eigenvalue weighted by Crippen LogP contribution is 2.31. The minimum Gasteiger partial charge on any atom is -0.393 e. The molecule has 25 N–H and O–H groups in total. The van der Waals surface area contributed by atoms with E-state index < -0.39 is 109 Å². The van der Waals surface area contributed by atoms with Crippen molar-refractivity contribution in [2.24, 2.45) is 83.2 Å². The van der Waals surface area contributed by atoms with E-state index in [9.17, 15) is 49.5 Å². The lowest BCUT2D eigenvalue weighted by atomic mass is 9.85. The van der Waals surface area contributed by atoms with Gasteiger partial charge in [-0.05, 0) is 230 Å². The van der Waals surface area contributed by atoms with Crippen molar-refractivity contribution in [1.82, 2.24) is 49.8 Å². The van der Waals surface area contributed by atoms with Crippen molar-refractivity contribution in [2.75, 3.05) is 26.6 Å². The van der Waals surface area contributed by atoms with Crippen LogP contribution < -0.4 is 82.7 Å². The Labute approximate surface area is 693 Å². The Bertz CT molecular complexity index is 5220. The number of aliphatic hydroxyl groups excluding tert-OH is 3. The largest absolute Gasteiger partial charge is 0.393 e. The molecule has 5 aliphatic rings. The molecule has 0 bridgehead atoms. The van der Waals surface area contributed by atoms with E-state index in [1.54, 1.807) is 13.8 Å². The molecule has 5 aromatic heterocycles. The van der Waals surface area contributed by atoms with Gasteiger partial charge >= 0.3 is 0 Å². The molecule has 5 aliphatic carbocycles. The first kappa shape index (κ1) is 75.6. The Hall–Kier alpha value is -9.45. The Morgan fingerprint density at radius 1 is 0.365 bits per heavy atom. The number of carbonyl (C=O) groups excluding carboxylic acids is 5. The maximum absolute atomic E-state index is 11.8. The molecule has 35 nitrogen and oxygen atoms in total. The molecule has 0 aliphatic heterocycles. The third kappa shape index (κ3) is 31.9. The summed E-state index contributed by atoms with van der Waals surface area (Å²) in [5, 5.41) is 66.3. The number of nitrogens with two attached hydrogens (primary N) is 5. The molecular weight excluding hydrogens is 1470 g/mol. The summed E-state index contributed by atoms with van der Waals surface area (Å²) >= 11 is 0. The van der Waals surface area contributed by atoms with E-state index in [-0.39, 0.29) is 181 Å². The molecule has 5 heterocycles. The molecule has 5 fully saturated rings. The summed E-state index contributed by atoms with van der Waals surface area (Å²) in [6, 6.07) is -4.39. The topological polar surface area (TPSA) is 582 Å². The third-order valence-corrected chi connectivity index (χ3v) is 18.2. The molecule has 10 rings (SSSR count). The number of aliphatic hydroxyl groups is 5. The molecule has 15 atom stereocenters. The summed E-state index contributed by atoms with van der Waals surface area (Å²) in [7, 11) is 0. The van der Waals surface area contributed by atoms with Gasteiger partial charge in [-0.25, -0.2) is 24.9 Å². The maximum Gasteiger partial charge on any atom is 0.254 e. The van der Waals surface area contributed by atoms with Crippen LogP contribution in [0.25, 0.3) is 0 Å². The number of carbonyl (C=O) groups is 5. The molecule has 5 amide bonds. The predicted octanol–water partition coefficient (Wildman–Crippen LogP) is 5.85. The first-order chi connectivity index (χ1) is 58.1. The van der Waals surface area contributed by atoms with E-state index in [0.29, 0.717) is 69.7 Å². The molecule has 640 valence electrons. The van der Waals surface area contributed by atoms with E-state index in [2.05, 4.69) is 101 Å². The lowest BCUT2D eigenvalue weighted by Crippen LogP contribution is -2.34. The molecule has 0 saturated heterocycles. The monoisotopic (exact) mass is 1620 g/mol. The smallest absolute Gasteiger partial charge is 0.254 e. The molecule has 115 heavy (non-hydrogen) atoms. The van der Waals surface area contributed by atoms with Gasteiger partial charge in [-0.1, -0.05) is 34.6 Å². The fourth-order valence-corrected chi connectivity index (χ4v) is 11.9.